The minimum atomic E-state index is -0.640. The Labute approximate surface area is 130 Å². The molecule has 0 radical (unpaired) electrons. The summed E-state index contributed by atoms with van der Waals surface area (Å²) >= 11 is 3.19. The van der Waals surface area contributed by atoms with E-state index in [-0.39, 0.29) is 10.2 Å². The number of aliphatic hydroxyl groups is 1. The van der Waals surface area contributed by atoms with Crippen molar-refractivity contribution in [3.8, 4) is 11.5 Å². The molecule has 21 heavy (non-hydrogen) atoms. The van der Waals surface area contributed by atoms with E-state index in [0.717, 1.165) is 0 Å². The zero-order valence-electron chi connectivity index (χ0n) is 11.3. The van der Waals surface area contributed by atoms with Gasteiger partial charge in [0.25, 0.3) is 5.69 Å². The summed E-state index contributed by atoms with van der Waals surface area (Å²) in [5.41, 5.74) is 0.583. The van der Waals surface area contributed by atoms with Crippen molar-refractivity contribution in [2.45, 2.75) is 19.4 Å². The van der Waals surface area contributed by atoms with Crippen molar-refractivity contribution in [2.24, 2.45) is 0 Å². The van der Waals surface area contributed by atoms with Crippen LogP contribution in [0.1, 0.15) is 25.0 Å². The topological polar surface area (TPSA) is 72.6 Å². The standard InChI is InChI=1S/C15H14BrNO4/c1-2-12(18)10-6-3-4-8-13(10)21-14-9-5-7-11(15(14)16)17(19)20/h3-9,12,18H,2H2,1H3/t12-/m1/s1. The molecule has 0 unspecified atom stereocenters. The molecule has 0 aliphatic carbocycles. The monoisotopic (exact) mass is 351 g/mol. The molecule has 5 nitrogen and oxygen atoms in total. The lowest BCUT2D eigenvalue weighted by molar-refractivity contribution is -0.385. The van der Waals surface area contributed by atoms with Crippen LogP contribution in [0.25, 0.3) is 0 Å². The van der Waals surface area contributed by atoms with Crippen LogP contribution in [0.4, 0.5) is 5.69 Å². The Bertz CT molecular complexity index is 660. The summed E-state index contributed by atoms with van der Waals surface area (Å²) in [6.07, 6.45) is -0.0881. The lowest BCUT2D eigenvalue weighted by Crippen LogP contribution is -1.99. The van der Waals surface area contributed by atoms with Gasteiger partial charge in [0, 0.05) is 11.6 Å². The molecule has 0 fully saturated rings. The number of benzene rings is 2. The number of nitro groups is 1. The molecule has 0 aromatic heterocycles. The number of halogens is 1. The summed E-state index contributed by atoms with van der Waals surface area (Å²) in [6.45, 7) is 1.87. The molecule has 0 aliphatic heterocycles. The van der Waals surface area contributed by atoms with Gasteiger partial charge < -0.3 is 9.84 Å². The average molecular weight is 352 g/mol. The molecule has 2 aromatic rings. The van der Waals surface area contributed by atoms with Crippen LogP contribution in [0, 0.1) is 10.1 Å². The molecule has 0 saturated carbocycles. The van der Waals surface area contributed by atoms with Crippen molar-refractivity contribution in [1.29, 1.82) is 0 Å². The molecule has 0 saturated heterocycles. The van der Waals surface area contributed by atoms with E-state index in [9.17, 15) is 15.2 Å². The first-order valence-electron chi connectivity index (χ1n) is 6.42. The first kappa shape index (κ1) is 15.5. The van der Waals surface area contributed by atoms with Crippen LogP contribution in [0.3, 0.4) is 0 Å². The van der Waals surface area contributed by atoms with Gasteiger partial charge in [-0.25, -0.2) is 0 Å². The molecule has 1 atom stereocenters. The van der Waals surface area contributed by atoms with Crippen molar-refractivity contribution >= 4 is 21.6 Å². The fourth-order valence-electron chi connectivity index (χ4n) is 1.91. The van der Waals surface area contributed by atoms with Gasteiger partial charge in [0.1, 0.15) is 16.0 Å². The Balaban J connectivity index is 2.40. The van der Waals surface area contributed by atoms with Crippen molar-refractivity contribution in [2.75, 3.05) is 0 Å². The molecule has 110 valence electrons. The third kappa shape index (κ3) is 3.40. The number of aliphatic hydroxyl groups excluding tert-OH is 1. The summed E-state index contributed by atoms with van der Waals surface area (Å²) in [4.78, 5) is 10.4. The largest absolute Gasteiger partial charge is 0.456 e. The number of hydrogen-bond acceptors (Lipinski definition) is 4. The highest BCUT2D eigenvalue weighted by atomic mass is 79.9. The van der Waals surface area contributed by atoms with Gasteiger partial charge in [-0.2, -0.15) is 0 Å². The third-order valence-corrected chi connectivity index (χ3v) is 3.82. The molecule has 0 amide bonds. The molecule has 1 N–H and O–H groups in total. The minimum absolute atomic E-state index is 0.0685. The molecule has 0 heterocycles. The fraction of sp³-hybridized carbons (Fsp3) is 0.200. The smallest absolute Gasteiger partial charge is 0.287 e. The Kier molecular flexibility index (Phi) is 4.93. The number of para-hydroxylation sites is 1. The number of rotatable bonds is 5. The number of nitrogens with zero attached hydrogens (tertiary/aromatic N) is 1. The van der Waals surface area contributed by atoms with Gasteiger partial charge in [-0.15, -0.1) is 0 Å². The minimum Gasteiger partial charge on any atom is -0.456 e. The van der Waals surface area contributed by atoms with E-state index in [4.69, 9.17) is 4.74 Å². The Morgan fingerprint density at radius 3 is 2.57 bits per heavy atom. The second kappa shape index (κ2) is 6.69. The Hall–Kier alpha value is -1.92. The average Bonchev–Trinajstić information content (AvgIpc) is 2.49. The van der Waals surface area contributed by atoms with Crippen molar-refractivity contribution in [1.82, 2.24) is 0 Å². The van der Waals surface area contributed by atoms with Gasteiger partial charge in [-0.3, -0.25) is 10.1 Å². The normalized spacial score (nSPS) is 12.0. The Morgan fingerprint density at radius 2 is 1.90 bits per heavy atom. The van der Waals surface area contributed by atoms with Gasteiger partial charge in [0.15, 0.2) is 0 Å². The summed E-state index contributed by atoms with van der Waals surface area (Å²) in [5.74, 6) is 0.813. The van der Waals surface area contributed by atoms with E-state index in [1.54, 1.807) is 30.3 Å². The number of nitro benzene ring substituents is 1. The van der Waals surface area contributed by atoms with E-state index in [0.29, 0.717) is 23.5 Å². The first-order chi connectivity index (χ1) is 10.0. The van der Waals surface area contributed by atoms with E-state index in [2.05, 4.69) is 15.9 Å². The van der Waals surface area contributed by atoms with E-state index < -0.39 is 11.0 Å². The van der Waals surface area contributed by atoms with Gasteiger partial charge in [-0.1, -0.05) is 31.2 Å². The number of ether oxygens (including phenoxy) is 1. The second-order valence-electron chi connectivity index (χ2n) is 4.41. The Morgan fingerprint density at radius 1 is 1.24 bits per heavy atom. The zero-order chi connectivity index (χ0) is 15.4. The molecular weight excluding hydrogens is 338 g/mol. The summed E-state index contributed by atoms with van der Waals surface area (Å²) in [5, 5.41) is 20.9. The van der Waals surface area contributed by atoms with Crippen LogP contribution < -0.4 is 4.74 Å². The summed E-state index contributed by atoms with van der Waals surface area (Å²) < 4.78 is 6.02. The van der Waals surface area contributed by atoms with E-state index >= 15 is 0 Å². The molecule has 2 rings (SSSR count). The van der Waals surface area contributed by atoms with E-state index in [1.807, 2.05) is 13.0 Å². The maximum Gasteiger partial charge on any atom is 0.287 e. The van der Waals surface area contributed by atoms with Crippen LogP contribution in [0.15, 0.2) is 46.9 Å². The highest BCUT2D eigenvalue weighted by Crippen LogP contribution is 2.38. The van der Waals surface area contributed by atoms with Crippen molar-refractivity contribution in [3.05, 3.63) is 62.6 Å². The van der Waals surface area contributed by atoms with Gasteiger partial charge in [-0.05, 0) is 34.5 Å². The van der Waals surface area contributed by atoms with Gasteiger partial charge in [0.2, 0.25) is 0 Å². The maximum absolute atomic E-state index is 10.9. The van der Waals surface area contributed by atoms with Gasteiger partial charge in [0.05, 0.1) is 11.0 Å². The molecule has 6 heteroatoms. The van der Waals surface area contributed by atoms with Crippen molar-refractivity contribution in [3.63, 3.8) is 0 Å². The quantitative estimate of drug-likeness (QED) is 0.631. The molecule has 0 aliphatic rings. The van der Waals surface area contributed by atoms with Crippen molar-refractivity contribution < 1.29 is 14.8 Å². The SMILES string of the molecule is CC[C@@H](O)c1ccccc1Oc1cccc([N+](=O)[O-])c1Br. The molecule has 2 aromatic carbocycles. The highest BCUT2D eigenvalue weighted by Gasteiger charge is 2.18. The predicted molar refractivity (Wildman–Crippen MR) is 82.6 cm³/mol. The van der Waals surface area contributed by atoms with Crippen LogP contribution in [-0.4, -0.2) is 10.0 Å². The maximum atomic E-state index is 10.9. The second-order valence-corrected chi connectivity index (χ2v) is 5.20. The van der Waals surface area contributed by atoms with Crippen LogP contribution >= 0.6 is 15.9 Å². The molecule has 0 spiro atoms. The fourth-order valence-corrected chi connectivity index (χ4v) is 2.40. The van der Waals surface area contributed by atoms with Crippen LogP contribution in [0.2, 0.25) is 0 Å². The lowest BCUT2D eigenvalue weighted by Gasteiger charge is -2.15. The molecular formula is C15H14BrNO4. The predicted octanol–water partition coefficient (Wildman–Crippen LogP) is 4.59. The zero-order valence-corrected chi connectivity index (χ0v) is 12.9. The van der Waals surface area contributed by atoms with Gasteiger partial charge >= 0.3 is 0 Å². The van der Waals surface area contributed by atoms with E-state index in [1.165, 1.54) is 6.07 Å². The third-order valence-electron chi connectivity index (χ3n) is 3.02. The van der Waals surface area contributed by atoms with Crippen LogP contribution in [0.5, 0.6) is 11.5 Å². The summed E-state index contributed by atoms with van der Waals surface area (Å²) in [7, 11) is 0. The molecule has 0 bridgehead atoms. The lowest BCUT2D eigenvalue weighted by atomic mass is 10.1. The highest BCUT2D eigenvalue weighted by molar-refractivity contribution is 9.10. The van der Waals surface area contributed by atoms with Crippen LogP contribution in [-0.2, 0) is 0 Å². The first-order valence-corrected chi connectivity index (χ1v) is 7.21. The number of hydrogen-bond donors (Lipinski definition) is 1. The summed E-state index contributed by atoms with van der Waals surface area (Å²) in [6, 6.07) is 11.7.